The Bertz CT molecular complexity index is 2200. The molecule has 0 radical (unpaired) electrons. The number of aromatic nitrogens is 1. The summed E-state index contributed by atoms with van der Waals surface area (Å²) in [6.45, 7) is 8.29. The molecule has 4 aromatic rings. The van der Waals surface area contributed by atoms with E-state index < -0.39 is 22.6 Å². The molecule has 65 heavy (non-hydrogen) atoms. The van der Waals surface area contributed by atoms with Gasteiger partial charge in [0, 0.05) is 74.3 Å². The summed E-state index contributed by atoms with van der Waals surface area (Å²) in [4.78, 5) is 37.3. The van der Waals surface area contributed by atoms with E-state index in [4.69, 9.17) is 34.5 Å². The maximum atomic E-state index is 14.5. The van der Waals surface area contributed by atoms with Crippen LogP contribution in [-0.2, 0) is 25.8 Å². The Balaban J connectivity index is 0.000000151. The number of carboxylic acids is 1. The molecule has 0 spiro atoms. The monoisotopic (exact) mass is 952 g/mol. The van der Waals surface area contributed by atoms with Gasteiger partial charge in [-0.2, -0.15) is 0 Å². The first-order valence-corrected chi connectivity index (χ1v) is 24.8. The molecule has 1 aromatic heterocycles. The van der Waals surface area contributed by atoms with E-state index in [0.717, 1.165) is 133 Å². The molecule has 0 amide bonds. The zero-order valence-corrected chi connectivity index (χ0v) is 40.1. The second-order valence-electron chi connectivity index (χ2n) is 18.1. The third-order valence-corrected chi connectivity index (χ3v) is 15.6. The summed E-state index contributed by atoms with van der Waals surface area (Å²) in [6, 6.07) is 20.0. The second-order valence-corrected chi connectivity index (χ2v) is 19.6. The third kappa shape index (κ3) is 11.7. The molecule has 0 unspecified atom stereocenters. The smallest absolute Gasteiger partial charge is 0.314 e. The average molecular weight is 954 g/mol. The average Bonchev–Trinajstić information content (AvgIpc) is 4.17. The summed E-state index contributed by atoms with van der Waals surface area (Å²) < 4.78 is 41.9. The highest BCUT2D eigenvalue weighted by atomic mass is 35.5. The van der Waals surface area contributed by atoms with Crippen LogP contribution >= 0.6 is 35.2 Å². The summed E-state index contributed by atoms with van der Waals surface area (Å²) in [6.07, 6.45) is 10.5. The largest absolute Gasteiger partial charge is 0.481 e. The fraction of sp³-hybridized carbons (Fsp3) is 0.520. The fourth-order valence-electron chi connectivity index (χ4n) is 10.2. The summed E-state index contributed by atoms with van der Waals surface area (Å²) in [7, 11) is 4.27. The zero-order chi connectivity index (χ0) is 46.6. The second kappa shape index (κ2) is 23.1. The standard InChI is InChI=1S/C19H24FN3S.C13H14ClFO.C12H13FO2.C6H13N3S/c1-22-10-12-23(13-11-22)18-21-17(14-24-18)19(8-4-5-9-19)15-6-2-3-7-16(15)20;14-9-12(16)13(7-3-4-8-13)10-5-1-2-6-11(10)15;13-10-6-2-1-5-9(10)12(11(14)15)7-3-4-8-12;1-8-2-4-9(5-3-8)6(7)10/h2-3,6-7,14H,4-5,8-13H2,1H3;1-2,5-6H,3-4,7-9H2;1-2,5-6H,3-4,7-8H2,(H,14,15);2-5H2,1H3,(H2,7,10). The molecule has 2 aliphatic heterocycles. The molecular formula is C50H64ClF3N6O3S2. The van der Waals surface area contributed by atoms with Gasteiger partial charge in [-0.1, -0.05) is 93.1 Å². The number of ketones is 1. The number of carboxylic acid groups (broad SMARTS) is 1. The molecule has 3 heterocycles. The molecule has 9 rings (SSSR count). The van der Waals surface area contributed by atoms with Gasteiger partial charge >= 0.3 is 5.97 Å². The molecule has 5 aliphatic rings. The van der Waals surface area contributed by atoms with Crippen LogP contribution in [-0.4, -0.2) is 114 Å². The molecule has 3 saturated carbocycles. The van der Waals surface area contributed by atoms with Crippen molar-refractivity contribution in [2.75, 3.05) is 77.2 Å². The minimum absolute atomic E-state index is 0.0334. The van der Waals surface area contributed by atoms with Crippen LogP contribution in [0, 0.1) is 17.5 Å². The minimum atomic E-state index is -0.981. The highest BCUT2D eigenvalue weighted by Crippen LogP contribution is 2.48. The van der Waals surface area contributed by atoms with E-state index in [1.807, 2.05) is 17.0 Å². The van der Waals surface area contributed by atoms with Gasteiger partial charge in [-0.15, -0.1) is 22.9 Å². The molecule has 3 N–H and O–H groups in total. The zero-order valence-electron chi connectivity index (χ0n) is 37.8. The Hall–Kier alpha value is -4.08. The van der Waals surface area contributed by atoms with E-state index in [1.54, 1.807) is 59.9 Å². The maximum Gasteiger partial charge on any atom is 0.314 e. The Labute approximate surface area is 397 Å². The first kappa shape index (κ1) is 50.3. The van der Waals surface area contributed by atoms with E-state index >= 15 is 0 Å². The van der Waals surface area contributed by atoms with Gasteiger partial charge in [-0.05, 0) is 88.6 Å². The number of benzene rings is 3. The number of carbonyl (C=O) groups excluding carboxylic acids is 1. The van der Waals surface area contributed by atoms with Gasteiger partial charge in [0.15, 0.2) is 16.0 Å². The number of thiazole rings is 1. The van der Waals surface area contributed by atoms with Gasteiger partial charge in [0.1, 0.15) is 17.5 Å². The van der Waals surface area contributed by atoms with Gasteiger partial charge < -0.3 is 30.4 Å². The van der Waals surface area contributed by atoms with E-state index in [1.165, 1.54) is 12.1 Å². The molecule has 352 valence electrons. The van der Waals surface area contributed by atoms with Crippen molar-refractivity contribution < 1.29 is 27.9 Å². The van der Waals surface area contributed by atoms with Crippen molar-refractivity contribution in [1.82, 2.24) is 19.7 Å². The molecule has 0 atom stereocenters. The van der Waals surface area contributed by atoms with Crippen molar-refractivity contribution in [1.29, 1.82) is 0 Å². The van der Waals surface area contributed by atoms with Crippen LogP contribution in [0.3, 0.4) is 0 Å². The van der Waals surface area contributed by atoms with Crippen molar-refractivity contribution in [3.05, 3.63) is 118 Å². The van der Waals surface area contributed by atoms with Crippen molar-refractivity contribution in [3.63, 3.8) is 0 Å². The number of nitrogens with two attached hydrogens (primary N) is 1. The molecule has 15 heteroatoms. The minimum Gasteiger partial charge on any atom is -0.481 e. The number of Topliss-reactive ketones (excluding diaryl/α,β-unsaturated/α-hetero) is 1. The molecule has 3 aromatic carbocycles. The Morgan fingerprint density at radius 1 is 0.677 bits per heavy atom. The fourth-order valence-corrected chi connectivity index (χ4v) is 11.6. The first-order chi connectivity index (χ1) is 31.3. The SMILES string of the molecule is CN1CCN(C(N)=S)CC1.CN1CCN(c2nc(C3(c4ccccc4F)CCCC3)cs2)CC1.O=C(CCl)C1(c2ccccc2F)CCCC1.O=C(O)C1(c2ccccc2F)CCCC1. The molecule has 2 saturated heterocycles. The number of alkyl halides is 1. The number of anilines is 1. The Kier molecular flexibility index (Phi) is 17.9. The molecule has 3 aliphatic carbocycles. The predicted molar refractivity (Wildman–Crippen MR) is 260 cm³/mol. The lowest BCUT2D eigenvalue weighted by atomic mass is 9.75. The number of thiocarbonyl (C=S) groups is 1. The molecular weight excluding hydrogens is 889 g/mol. The number of rotatable bonds is 8. The Morgan fingerprint density at radius 2 is 1.09 bits per heavy atom. The van der Waals surface area contributed by atoms with Gasteiger partial charge in [0.05, 0.1) is 22.4 Å². The predicted octanol–water partition coefficient (Wildman–Crippen LogP) is 9.54. The van der Waals surface area contributed by atoms with Crippen molar-refractivity contribution in [2.45, 2.75) is 93.3 Å². The van der Waals surface area contributed by atoms with E-state index in [-0.39, 0.29) is 28.7 Å². The van der Waals surface area contributed by atoms with Gasteiger partial charge in [0.2, 0.25) is 0 Å². The number of carbonyl (C=O) groups is 2. The summed E-state index contributed by atoms with van der Waals surface area (Å²) in [5.41, 5.74) is 6.35. The first-order valence-electron chi connectivity index (χ1n) is 23.0. The lowest BCUT2D eigenvalue weighted by molar-refractivity contribution is -0.143. The lowest BCUT2D eigenvalue weighted by Gasteiger charge is -2.32. The van der Waals surface area contributed by atoms with Crippen LogP contribution in [0.25, 0.3) is 0 Å². The van der Waals surface area contributed by atoms with Crippen LogP contribution in [0.1, 0.15) is 99.4 Å². The summed E-state index contributed by atoms with van der Waals surface area (Å²) in [5.74, 6) is -1.76. The van der Waals surface area contributed by atoms with E-state index in [0.29, 0.717) is 29.1 Å². The number of hydrogen-bond donors (Lipinski definition) is 2. The topological polar surface area (TPSA) is 106 Å². The number of piperazine rings is 2. The summed E-state index contributed by atoms with van der Waals surface area (Å²) in [5, 5.41) is 13.1. The van der Waals surface area contributed by atoms with Gasteiger partial charge in [-0.3, -0.25) is 9.59 Å². The molecule has 9 nitrogen and oxygen atoms in total. The van der Waals surface area contributed by atoms with Crippen molar-refractivity contribution in [2.24, 2.45) is 5.73 Å². The van der Waals surface area contributed by atoms with Crippen molar-refractivity contribution in [3.8, 4) is 0 Å². The highest BCUT2D eigenvalue weighted by molar-refractivity contribution is 7.80. The lowest BCUT2D eigenvalue weighted by Crippen LogP contribution is -2.48. The van der Waals surface area contributed by atoms with E-state index in [9.17, 15) is 27.9 Å². The number of halogens is 4. The number of likely N-dealkylation sites (N-methyl/N-ethyl adjacent to an activating group) is 2. The highest BCUT2D eigenvalue weighted by Gasteiger charge is 2.45. The quantitative estimate of drug-likeness (QED) is 0.131. The third-order valence-electron chi connectivity index (χ3n) is 14.2. The van der Waals surface area contributed by atoms with E-state index in [2.05, 4.69) is 34.2 Å². The summed E-state index contributed by atoms with van der Waals surface area (Å²) >= 11 is 12.2. The van der Waals surface area contributed by atoms with Crippen LogP contribution in [0.5, 0.6) is 0 Å². The maximum absolute atomic E-state index is 14.5. The van der Waals surface area contributed by atoms with Crippen LogP contribution < -0.4 is 10.6 Å². The molecule has 5 fully saturated rings. The normalized spacial score (nSPS) is 20.1. The van der Waals surface area contributed by atoms with Gasteiger partial charge in [-0.25, -0.2) is 18.2 Å². The van der Waals surface area contributed by atoms with Gasteiger partial charge in [0.25, 0.3) is 0 Å². The number of aliphatic carboxylic acids is 1. The number of hydrogen-bond acceptors (Lipinski definition) is 8. The molecule has 0 bridgehead atoms. The van der Waals surface area contributed by atoms with Crippen LogP contribution in [0.4, 0.5) is 18.3 Å². The van der Waals surface area contributed by atoms with Crippen molar-refractivity contribution >= 4 is 57.2 Å². The Morgan fingerprint density at radius 3 is 1.54 bits per heavy atom. The number of nitrogens with zero attached hydrogens (tertiary/aromatic N) is 5. The van der Waals surface area contributed by atoms with Crippen LogP contribution in [0.2, 0.25) is 0 Å². The van der Waals surface area contributed by atoms with Crippen LogP contribution in [0.15, 0.2) is 78.2 Å².